The lowest BCUT2D eigenvalue weighted by Gasteiger charge is -2.19. The SMILES string of the molecule is Cc1nc(Cc2cc(Cl)c(F)c(Cc3ccccn3)c2CC(C)C)n2ccnc(N)c12. The van der Waals surface area contributed by atoms with Gasteiger partial charge in [-0.2, -0.15) is 0 Å². The van der Waals surface area contributed by atoms with E-state index in [1.54, 1.807) is 18.5 Å². The molecule has 3 heterocycles. The molecule has 0 spiro atoms. The third kappa shape index (κ3) is 4.26. The number of hydrogen-bond acceptors (Lipinski definition) is 4. The first-order valence-electron chi connectivity index (χ1n) is 10.3. The molecule has 3 aromatic heterocycles. The summed E-state index contributed by atoms with van der Waals surface area (Å²) in [6.07, 6.45) is 6.86. The van der Waals surface area contributed by atoms with Gasteiger partial charge in [-0.05, 0) is 54.2 Å². The lowest BCUT2D eigenvalue weighted by Crippen LogP contribution is -2.10. The number of pyridine rings is 1. The standard InChI is InChI=1S/C24H25ClFN5/c1-14(2)10-18-16(12-21-30-15(3)23-24(27)29-8-9-31(21)23)11-20(25)22(26)19(18)13-17-6-4-5-7-28-17/h4-9,11,14H,10,12-13H2,1-3H3,(H2,27,29). The summed E-state index contributed by atoms with van der Waals surface area (Å²) in [6.45, 7) is 6.17. The normalized spacial score (nSPS) is 11.5. The van der Waals surface area contributed by atoms with Gasteiger partial charge in [0.05, 0.1) is 10.7 Å². The Balaban J connectivity index is 1.85. The summed E-state index contributed by atoms with van der Waals surface area (Å²) in [5.74, 6) is 1.23. The molecule has 31 heavy (non-hydrogen) atoms. The minimum atomic E-state index is -0.371. The third-order valence-electron chi connectivity index (χ3n) is 5.40. The maximum Gasteiger partial charge on any atom is 0.149 e. The number of benzene rings is 1. The monoisotopic (exact) mass is 437 g/mol. The van der Waals surface area contributed by atoms with Gasteiger partial charge in [-0.25, -0.2) is 14.4 Å². The molecule has 0 saturated heterocycles. The van der Waals surface area contributed by atoms with E-state index < -0.39 is 0 Å². The fourth-order valence-electron chi connectivity index (χ4n) is 4.07. The highest BCUT2D eigenvalue weighted by Gasteiger charge is 2.21. The number of aryl methyl sites for hydroxylation is 1. The van der Waals surface area contributed by atoms with Crippen LogP contribution in [0.15, 0.2) is 42.9 Å². The van der Waals surface area contributed by atoms with Gasteiger partial charge in [0, 0.05) is 37.1 Å². The minimum Gasteiger partial charge on any atom is -0.382 e. The first-order chi connectivity index (χ1) is 14.8. The Morgan fingerprint density at radius 2 is 1.94 bits per heavy atom. The van der Waals surface area contributed by atoms with E-state index in [9.17, 15) is 0 Å². The van der Waals surface area contributed by atoms with Crippen molar-refractivity contribution in [2.24, 2.45) is 5.92 Å². The first kappa shape index (κ1) is 21.2. The van der Waals surface area contributed by atoms with Crippen molar-refractivity contribution in [1.82, 2.24) is 19.4 Å². The quantitative estimate of drug-likeness (QED) is 0.450. The van der Waals surface area contributed by atoms with E-state index in [1.807, 2.05) is 35.7 Å². The van der Waals surface area contributed by atoms with E-state index in [4.69, 9.17) is 22.3 Å². The molecule has 0 aliphatic carbocycles. The number of halogens is 2. The lowest BCUT2D eigenvalue weighted by molar-refractivity contribution is 0.593. The Morgan fingerprint density at radius 1 is 1.13 bits per heavy atom. The molecule has 160 valence electrons. The highest BCUT2D eigenvalue weighted by Crippen LogP contribution is 2.31. The van der Waals surface area contributed by atoms with Crippen LogP contribution in [0.2, 0.25) is 5.02 Å². The van der Waals surface area contributed by atoms with Gasteiger partial charge in [0.15, 0.2) is 0 Å². The number of hydrogen-bond donors (Lipinski definition) is 1. The van der Waals surface area contributed by atoms with E-state index in [0.29, 0.717) is 30.1 Å². The molecule has 0 unspecified atom stereocenters. The van der Waals surface area contributed by atoms with Crippen LogP contribution in [0, 0.1) is 18.7 Å². The number of rotatable bonds is 6. The van der Waals surface area contributed by atoms with Crippen LogP contribution < -0.4 is 5.73 Å². The summed E-state index contributed by atoms with van der Waals surface area (Å²) in [6, 6.07) is 7.40. The molecule has 5 nitrogen and oxygen atoms in total. The number of anilines is 1. The molecule has 0 aliphatic rings. The second-order valence-electron chi connectivity index (χ2n) is 8.21. The van der Waals surface area contributed by atoms with Crippen molar-refractivity contribution in [3.05, 3.63) is 87.6 Å². The van der Waals surface area contributed by atoms with Crippen molar-refractivity contribution < 1.29 is 4.39 Å². The molecular formula is C24H25ClFN5. The molecule has 0 aliphatic heterocycles. The van der Waals surface area contributed by atoms with E-state index in [2.05, 4.69) is 23.8 Å². The number of nitrogens with zero attached hydrogens (tertiary/aromatic N) is 4. The van der Waals surface area contributed by atoms with E-state index in [0.717, 1.165) is 40.3 Å². The second-order valence-corrected chi connectivity index (χ2v) is 8.61. The summed E-state index contributed by atoms with van der Waals surface area (Å²) < 4.78 is 17.2. The molecule has 2 N–H and O–H groups in total. The molecule has 0 amide bonds. The highest BCUT2D eigenvalue weighted by molar-refractivity contribution is 6.30. The molecule has 0 radical (unpaired) electrons. The molecule has 4 aromatic rings. The van der Waals surface area contributed by atoms with Crippen molar-refractivity contribution in [2.45, 2.75) is 40.0 Å². The molecule has 4 rings (SSSR count). The van der Waals surface area contributed by atoms with Gasteiger partial charge in [0.2, 0.25) is 0 Å². The fourth-order valence-corrected chi connectivity index (χ4v) is 4.32. The van der Waals surface area contributed by atoms with Gasteiger partial charge in [-0.3, -0.25) is 9.38 Å². The zero-order valence-corrected chi connectivity index (χ0v) is 18.6. The van der Waals surface area contributed by atoms with Crippen LogP contribution in [0.3, 0.4) is 0 Å². The van der Waals surface area contributed by atoms with Crippen LogP contribution >= 0.6 is 11.6 Å². The number of fused-ring (bicyclic) bond motifs is 1. The van der Waals surface area contributed by atoms with Gasteiger partial charge < -0.3 is 5.73 Å². The number of nitrogen functional groups attached to an aromatic ring is 1. The molecule has 0 bridgehead atoms. The van der Waals surface area contributed by atoms with Crippen LogP contribution in [0.25, 0.3) is 5.52 Å². The molecule has 0 atom stereocenters. The van der Waals surface area contributed by atoms with Crippen molar-refractivity contribution in [3.8, 4) is 0 Å². The third-order valence-corrected chi connectivity index (χ3v) is 5.68. The summed E-state index contributed by atoms with van der Waals surface area (Å²) in [5.41, 5.74) is 11.0. The van der Waals surface area contributed by atoms with Crippen LogP contribution in [0.1, 0.15) is 47.8 Å². The van der Waals surface area contributed by atoms with Crippen LogP contribution in [0.4, 0.5) is 10.2 Å². The van der Waals surface area contributed by atoms with Crippen LogP contribution in [0.5, 0.6) is 0 Å². The zero-order valence-electron chi connectivity index (χ0n) is 17.9. The Labute approximate surface area is 186 Å². The van der Waals surface area contributed by atoms with Crippen LogP contribution in [-0.2, 0) is 19.3 Å². The number of imidazole rings is 1. The van der Waals surface area contributed by atoms with Gasteiger partial charge in [-0.15, -0.1) is 0 Å². The van der Waals surface area contributed by atoms with Crippen molar-refractivity contribution in [1.29, 1.82) is 0 Å². The van der Waals surface area contributed by atoms with E-state index in [1.165, 1.54) is 0 Å². The summed E-state index contributed by atoms with van der Waals surface area (Å²) in [4.78, 5) is 13.3. The predicted molar refractivity (Wildman–Crippen MR) is 122 cm³/mol. The Morgan fingerprint density at radius 3 is 2.65 bits per heavy atom. The molecule has 0 saturated carbocycles. The fraction of sp³-hybridized carbons (Fsp3) is 0.292. The average Bonchev–Trinajstić information content (AvgIpc) is 3.05. The van der Waals surface area contributed by atoms with Gasteiger partial charge >= 0.3 is 0 Å². The molecule has 1 aromatic carbocycles. The van der Waals surface area contributed by atoms with E-state index in [-0.39, 0.29) is 10.8 Å². The van der Waals surface area contributed by atoms with Crippen molar-refractivity contribution >= 4 is 22.9 Å². The average molecular weight is 438 g/mol. The Kier molecular flexibility index (Phi) is 5.92. The molecule has 7 heteroatoms. The summed E-state index contributed by atoms with van der Waals surface area (Å²) in [5, 5.41) is 0.118. The van der Waals surface area contributed by atoms with Crippen molar-refractivity contribution in [3.63, 3.8) is 0 Å². The summed E-state index contributed by atoms with van der Waals surface area (Å²) >= 11 is 6.36. The Bertz CT molecular complexity index is 1230. The topological polar surface area (TPSA) is 69.1 Å². The largest absolute Gasteiger partial charge is 0.382 e. The molecular weight excluding hydrogens is 413 g/mol. The maximum atomic E-state index is 15.2. The smallest absolute Gasteiger partial charge is 0.149 e. The van der Waals surface area contributed by atoms with Gasteiger partial charge in [0.1, 0.15) is 23.0 Å². The lowest BCUT2D eigenvalue weighted by atomic mass is 9.89. The highest BCUT2D eigenvalue weighted by atomic mass is 35.5. The van der Waals surface area contributed by atoms with Gasteiger partial charge in [0.25, 0.3) is 0 Å². The predicted octanol–water partition coefficient (Wildman–Crippen LogP) is 5.19. The Hall–Kier alpha value is -2.99. The minimum absolute atomic E-state index is 0.118. The maximum absolute atomic E-state index is 15.2. The molecule has 0 fully saturated rings. The number of aromatic nitrogens is 4. The van der Waals surface area contributed by atoms with Crippen molar-refractivity contribution in [2.75, 3.05) is 5.73 Å². The second kappa shape index (κ2) is 8.63. The summed E-state index contributed by atoms with van der Waals surface area (Å²) in [7, 11) is 0. The number of nitrogens with two attached hydrogens (primary N) is 1. The van der Waals surface area contributed by atoms with E-state index >= 15 is 4.39 Å². The van der Waals surface area contributed by atoms with Crippen LogP contribution in [-0.4, -0.2) is 19.4 Å². The zero-order chi connectivity index (χ0) is 22.1. The first-order valence-corrected chi connectivity index (χ1v) is 10.7. The van der Waals surface area contributed by atoms with Gasteiger partial charge in [-0.1, -0.05) is 31.5 Å².